The van der Waals surface area contributed by atoms with Gasteiger partial charge in [0.2, 0.25) is 5.91 Å². The summed E-state index contributed by atoms with van der Waals surface area (Å²) in [7, 11) is 0. The molecule has 0 radical (unpaired) electrons. The molecule has 2 unspecified atom stereocenters. The number of amides is 1. The van der Waals surface area contributed by atoms with Crippen molar-refractivity contribution in [3.63, 3.8) is 0 Å². The van der Waals surface area contributed by atoms with Gasteiger partial charge in [-0.05, 0) is 32.6 Å². The Kier molecular flexibility index (Phi) is 4.97. The Bertz CT molecular complexity index is 277. The summed E-state index contributed by atoms with van der Waals surface area (Å²) < 4.78 is 5.56. The van der Waals surface area contributed by atoms with E-state index in [1.54, 1.807) is 0 Å². The van der Waals surface area contributed by atoms with E-state index in [1.807, 2.05) is 0 Å². The Morgan fingerprint density at radius 2 is 2.06 bits per heavy atom. The highest BCUT2D eigenvalue weighted by Gasteiger charge is 2.25. The van der Waals surface area contributed by atoms with Crippen molar-refractivity contribution < 1.29 is 9.53 Å². The molecule has 5 heteroatoms. The maximum absolute atomic E-state index is 10.9. The van der Waals surface area contributed by atoms with Crippen molar-refractivity contribution in [2.24, 2.45) is 5.73 Å². The molecule has 2 aliphatic heterocycles. The largest absolute Gasteiger partial charge is 0.378 e. The van der Waals surface area contributed by atoms with E-state index in [-0.39, 0.29) is 5.91 Å². The Morgan fingerprint density at radius 1 is 1.33 bits per heavy atom. The van der Waals surface area contributed by atoms with Gasteiger partial charge in [-0.2, -0.15) is 0 Å². The average molecular weight is 255 g/mol. The Labute approximate surface area is 109 Å². The molecule has 3 N–H and O–H groups in total. The summed E-state index contributed by atoms with van der Waals surface area (Å²) in [6.07, 6.45) is 4.83. The number of likely N-dealkylation sites (tertiary alicyclic amines) is 1. The lowest BCUT2D eigenvalue weighted by atomic mass is 9.99. The molecule has 0 aliphatic carbocycles. The minimum atomic E-state index is -0.223. The number of carbonyl (C=O) groups excluding carboxylic acids is 1. The number of nitrogens with two attached hydrogens (primary N) is 1. The zero-order chi connectivity index (χ0) is 13.0. The summed E-state index contributed by atoms with van der Waals surface area (Å²) in [6.45, 7) is 5.36. The third-order valence-corrected chi connectivity index (χ3v) is 3.92. The van der Waals surface area contributed by atoms with Gasteiger partial charge in [-0.1, -0.05) is 0 Å². The second-order valence-electron chi connectivity index (χ2n) is 5.59. The molecule has 2 aliphatic rings. The number of carbonyl (C=O) groups is 1. The van der Waals surface area contributed by atoms with E-state index in [4.69, 9.17) is 10.5 Å². The van der Waals surface area contributed by atoms with Gasteiger partial charge >= 0.3 is 0 Å². The predicted octanol–water partition coefficient (Wildman–Crippen LogP) is 0.0932. The highest BCUT2D eigenvalue weighted by atomic mass is 16.5. The van der Waals surface area contributed by atoms with Crippen molar-refractivity contribution in [1.29, 1.82) is 0 Å². The van der Waals surface area contributed by atoms with Crippen molar-refractivity contribution >= 4 is 5.91 Å². The van der Waals surface area contributed by atoms with Crippen LogP contribution in [0.3, 0.4) is 0 Å². The minimum absolute atomic E-state index is 0.223. The molecule has 2 rings (SSSR count). The molecule has 0 spiro atoms. The zero-order valence-electron chi connectivity index (χ0n) is 11.2. The van der Waals surface area contributed by atoms with Crippen LogP contribution in [0.25, 0.3) is 0 Å². The topological polar surface area (TPSA) is 67.6 Å². The van der Waals surface area contributed by atoms with Gasteiger partial charge < -0.3 is 15.8 Å². The molecule has 0 aromatic carbocycles. The first-order valence-electron chi connectivity index (χ1n) is 7.02. The molecule has 1 amide bonds. The van der Waals surface area contributed by atoms with Crippen molar-refractivity contribution in [2.45, 2.75) is 50.8 Å². The molecular weight excluding hydrogens is 230 g/mol. The van der Waals surface area contributed by atoms with Crippen molar-refractivity contribution in [1.82, 2.24) is 10.2 Å². The van der Waals surface area contributed by atoms with Gasteiger partial charge in [0.1, 0.15) is 0 Å². The van der Waals surface area contributed by atoms with Crippen molar-refractivity contribution in [2.75, 3.05) is 26.2 Å². The van der Waals surface area contributed by atoms with Crippen LogP contribution in [0.2, 0.25) is 0 Å². The molecule has 2 fully saturated rings. The molecule has 0 aromatic heterocycles. The molecule has 18 heavy (non-hydrogen) atoms. The molecule has 2 saturated heterocycles. The number of piperidine rings is 1. The van der Waals surface area contributed by atoms with Gasteiger partial charge in [0.05, 0.1) is 12.6 Å². The minimum Gasteiger partial charge on any atom is -0.378 e. The normalized spacial score (nSPS) is 31.4. The number of hydrogen-bond donors (Lipinski definition) is 2. The fraction of sp³-hybridized carbons (Fsp3) is 0.923. The number of primary amides is 1. The summed E-state index contributed by atoms with van der Waals surface area (Å²) in [6, 6.07) is 1.19. The van der Waals surface area contributed by atoms with Gasteiger partial charge in [0.15, 0.2) is 0 Å². The number of nitrogens with zero attached hydrogens (tertiary/aromatic N) is 1. The Balaban J connectivity index is 1.68. The molecule has 5 nitrogen and oxygen atoms in total. The van der Waals surface area contributed by atoms with Crippen LogP contribution >= 0.6 is 0 Å². The molecule has 2 heterocycles. The predicted molar refractivity (Wildman–Crippen MR) is 70.2 cm³/mol. The highest BCUT2D eigenvalue weighted by Crippen LogP contribution is 2.17. The lowest BCUT2D eigenvalue weighted by Crippen LogP contribution is -2.49. The van der Waals surface area contributed by atoms with E-state index in [0.29, 0.717) is 24.7 Å². The van der Waals surface area contributed by atoms with Crippen molar-refractivity contribution in [3.05, 3.63) is 0 Å². The third-order valence-electron chi connectivity index (χ3n) is 3.92. The standard InChI is InChI=1S/C13H25N3O2/c1-10-8-12(4-7-18-10)15-11-2-5-16(6-3-11)9-13(14)17/h10-12,15H,2-9H2,1H3,(H2,14,17). The monoisotopic (exact) mass is 255 g/mol. The van der Waals surface area contributed by atoms with Crippen LogP contribution in [-0.2, 0) is 9.53 Å². The van der Waals surface area contributed by atoms with E-state index in [1.165, 1.54) is 0 Å². The van der Waals surface area contributed by atoms with E-state index in [0.717, 1.165) is 45.4 Å². The third kappa shape index (κ3) is 4.23. The number of ether oxygens (including phenoxy) is 1. The fourth-order valence-electron chi connectivity index (χ4n) is 2.96. The maximum atomic E-state index is 10.9. The second kappa shape index (κ2) is 6.50. The first-order chi connectivity index (χ1) is 8.63. The van der Waals surface area contributed by atoms with Gasteiger partial charge in [-0.15, -0.1) is 0 Å². The molecule has 0 bridgehead atoms. The van der Waals surface area contributed by atoms with Crippen LogP contribution in [0.4, 0.5) is 0 Å². The summed E-state index contributed by atoms with van der Waals surface area (Å²) in [5.74, 6) is -0.223. The van der Waals surface area contributed by atoms with Gasteiger partial charge in [0, 0.05) is 31.8 Å². The van der Waals surface area contributed by atoms with Gasteiger partial charge in [-0.3, -0.25) is 9.69 Å². The lowest BCUT2D eigenvalue weighted by Gasteiger charge is -2.36. The number of hydrogen-bond acceptors (Lipinski definition) is 4. The Hall–Kier alpha value is -0.650. The average Bonchev–Trinajstić information content (AvgIpc) is 2.31. The van der Waals surface area contributed by atoms with Crippen molar-refractivity contribution in [3.8, 4) is 0 Å². The smallest absolute Gasteiger partial charge is 0.231 e. The van der Waals surface area contributed by atoms with Crippen LogP contribution < -0.4 is 11.1 Å². The fourth-order valence-corrected chi connectivity index (χ4v) is 2.96. The van der Waals surface area contributed by atoms with Gasteiger partial charge in [0.25, 0.3) is 0 Å². The zero-order valence-corrected chi connectivity index (χ0v) is 11.2. The molecule has 0 aromatic rings. The lowest BCUT2D eigenvalue weighted by molar-refractivity contribution is -0.119. The van der Waals surface area contributed by atoms with E-state index in [9.17, 15) is 4.79 Å². The molecule has 104 valence electrons. The van der Waals surface area contributed by atoms with Crippen LogP contribution in [0.1, 0.15) is 32.6 Å². The maximum Gasteiger partial charge on any atom is 0.231 e. The van der Waals surface area contributed by atoms with E-state index < -0.39 is 0 Å². The van der Waals surface area contributed by atoms with Crippen LogP contribution in [-0.4, -0.2) is 55.2 Å². The first-order valence-corrected chi connectivity index (χ1v) is 7.02. The van der Waals surface area contributed by atoms with E-state index >= 15 is 0 Å². The SMILES string of the molecule is CC1CC(NC2CCN(CC(N)=O)CC2)CCO1. The molecular formula is C13H25N3O2. The van der Waals surface area contributed by atoms with Crippen LogP contribution in [0.5, 0.6) is 0 Å². The summed E-state index contributed by atoms with van der Waals surface area (Å²) in [5, 5.41) is 3.74. The highest BCUT2D eigenvalue weighted by molar-refractivity contribution is 5.75. The first kappa shape index (κ1) is 13.8. The molecule has 0 saturated carbocycles. The van der Waals surface area contributed by atoms with Crippen LogP contribution in [0, 0.1) is 0 Å². The number of rotatable bonds is 4. The van der Waals surface area contributed by atoms with E-state index in [2.05, 4.69) is 17.1 Å². The van der Waals surface area contributed by atoms with Crippen LogP contribution in [0.15, 0.2) is 0 Å². The quantitative estimate of drug-likeness (QED) is 0.747. The summed E-state index contributed by atoms with van der Waals surface area (Å²) >= 11 is 0. The van der Waals surface area contributed by atoms with Gasteiger partial charge in [-0.25, -0.2) is 0 Å². The summed E-state index contributed by atoms with van der Waals surface area (Å²) in [5.41, 5.74) is 5.21. The molecule has 2 atom stereocenters. The second-order valence-corrected chi connectivity index (χ2v) is 5.59. The summed E-state index contributed by atoms with van der Waals surface area (Å²) in [4.78, 5) is 13.0. The Morgan fingerprint density at radius 3 is 2.67 bits per heavy atom. The number of nitrogens with one attached hydrogen (secondary N) is 1.